The Kier molecular flexibility index (Phi) is 4.72. The number of carbonyl (C=O) groups is 2. The normalized spacial score (nSPS) is 25.7. The maximum absolute atomic E-state index is 13.1. The number of anilines is 1. The van der Waals surface area contributed by atoms with Crippen LogP contribution >= 0.6 is 0 Å². The van der Waals surface area contributed by atoms with Gasteiger partial charge in [0.1, 0.15) is 0 Å². The highest BCUT2D eigenvalue weighted by molar-refractivity contribution is 6.40. The zero-order valence-electron chi connectivity index (χ0n) is 16.6. The number of fused-ring (bicyclic) bond motifs is 1. The van der Waals surface area contributed by atoms with Gasteiger partial charge in [0.2, 0.25) is 0 Å². The Bertz CT molecular complexity index is 741. The standard InChI is InChI=1S/C21H30N4O2/c1-16-14-17-6-4-5-7-18(17)25(16)20(27)19(26)24-13-12-23(3)21(15-24)8-10-22(2)11-9-21/h4-7,16H,8-15H2,1-3H3/t16-/m1/s1. The predicted molar refractivity (Wildman–Crippen MR) is 106 cm³/mol. The second kappa shape index (κ2) is 6.91. The molecular weight excluding hydrogens is 340 g/mol. The first kappa shape index (κ1) is 18.4. The molecule has 3 aliphatic heterocycles. The van der Waals surface area contributed by atoms with Crippen molar-refractivity contribution in [2.24, 2.45) is 0 Å². The fourth-order valence-corrected chi connectivity index (χ4v) is 4.92. The van der Waals surface area contributed by atoms with Gasteiger partial charge >= 0.3 is 11.8 Å². The average molecular weight is 370 g/mol. The van der Waals surface area contributed by atoms with Crippen LogP contribution in [-0.2, 0) is 16.0 Å². The molecule has 6 nitrogen and oxygen atoms in total. The van der Waals surface area contributed by atoms with Gasteiger partial charge in [0.15, 0.2) is 0 Å². The zero-order valence-corrected chi connectivity index (χ0v) is 16.6. The minimum atomic E-state index is -0.375. The SMILES string of the molecule is C[C@@H]1Cc2ccccc2N1C(=O)C(=O)N1CCN(C)C2(CCN(C)CC2)C1. The third kappa shape index (κ3) is 3.15. The van der Waals surface area contributed by atoms with Crippen molar-refractivity contribution in [1.29, 1.82) is 0 Å². The van der Waals surface area contributed by atoms with E-state index in [-0.39, 0.29) is 23.4 Å². The van der Waals surface area contributed by atoms with E-state index in [1.807, 2.05) is 31.2 Å². The molecule has 0 saturated carbocycles. The molecule has 1 aromatic rings. The molecule has 0 unspecified atom stereocenters. The van der Waals surface area contributed by atoms with E-state index in [4.69, 9.17) is 0 Å². The Balaban J connectivity index is 1.52. The number of piperidine rings is 1. The van der Waals surface area contributed by atoms with Crippen molar-refractivity contribution in [2.45, 2.75) is 37.8 Å². The Morgan fingerprint density at radius 2 is 1.70 bits per heavy atom. The molecule has 0 N–H and O–H groups in total. The minimum Gasteiger partial charge on any atom is -0.331 e. The van der Waals surface area contributed by atoms with Crippen molar-refractivity contribution in [1.82, 2.24) is 14.7 Å². The monoisotopic (exact) mass is 370 g/mol. The maximum atomic E-state index is 13.1. The van der Waals surface area contributed by atoms with Crippen LogP contribution in [-0.4, -0.2) is 84.9 Å². The van der Waals surface area contributed by atoms with Crippen molar-refractivity contribution in [3.63, 3.8) is 0 Å². The summed E-state index contributed by atoms with van der Waals surface area (Å²) in [5, 5.41) is 0. The lowest BCUT2D eigenvalue weighted by Gasteiger charge is -2.52. The smallest absolute Gasteiger partial charge is 0.316 e. The molecule has 0 aliphatic carbocycles. The van der Waals surface area contributed by atoms with Gasteiger partial charge in [-0.15, -0.1) is 0 Å². The van der Waals surface area contributed by atoms with Crippen LogP contribution in [0.4, 0.5) is 5.69 Å². The fourth-order valence-electron chi connectivity index (χ4n) is 4.92. The first-order chi connectivity index (χ1) is 12.9. The first-order valence-corrected chi connectivity index (χ1v) is 10.0. The van der Waals surface area contributed by atoms with Gasteiger partial charge in [0.25, 0.3) is 0 Å². The number of carbonyl (C=O) groups excluding carboxylic acids is 2. The molecule has 1 aromatic carbocycles. The summed E-state index contributed by atoms with van der Waals surface area (Å²) in [6.07, 6.45) is 2.90. The molecule has 3 heterocycles. The number of amides is 2. The van der Waals surface area contributed by atoms with Crippen LogP contribution in [0.3, 0.4) is 0 Å². The van der Waals surface area contributed by atoms with Gasteiger partial charge in [-0.2, -0.15) is 0 Å². The summed E-state index contributed by atoms with van der Waals surface area (Å²) >= 11 is 0. The molecular formula is C21H30N4O2. The summed E-state index contributed by atoms with van der Waals surface area (Å²) in [4.78, 5) is 34.5. The van der Waals surface area contributed by atoms with Crippen molar-refractivity contribution in [3.05, 3.63) is 29.8 Å². The van der Waals surface area contributed by atoms with E-state index in [2.05, 4.69) is 23.9 Å². The third-order valence-corrected chi connectivity index (χ3v) is 6.81. The predicted octanol–water partition coefficient (Wildman–Crippen LogP) is 1.20. The van der Waals surface area contributed by atoms with E-state index in [0.717, 1.165) is 50.1 Å². The Morgan fingerprint density at radius 1 is 1.00 bits per heavy atom. The molecule has 0 bridgehead atoms. The van der Waals surface area contributed by atoms with Crippen LogP contribution in [0.25, 0.3) is 0 Å². The number of para-hydroxylation sites is 1. The van der Waals surface area contributed by atoms with Crippen LogP contribution in [0.15, 0.2) is 24.3 Å². The van der Waals surface area contributed by atoms with Crippen LogP contribution in [0, 0.1) is 0 Å². The topological polar surface area (TPSA) is 47.1 Å². The molecule has 0 aromatic heterocycles. The number of nitrogens with zero attached hydrogens (tertiary/aromatic N) is 4. The van der Waals surface area contributed by atoms with E-state index in [0.29, 0.717) is 13.1 Å². The molecule has 3 aliphatic rings. The van der Waals surface area contributed by atoms with Crippen LogP contribution in [0.5, 0.6) is 0 Å². The minimum absolute atomic E-state index is 0.00916. The lowest BCUT2D eigenvalue weighted by molar-refractivity contribution is -0.149. The molecule has 1 atom stereocenters. The van der Waals surface area contributed by atoms with E-state index in [9.17, 15) is 9.59 Å². The first-order valence-electron chi connectivity index (χ1n) is 10.0. The third-order valence-electron chi connectivity index (χ3n) is 6.81. The number of rotatable bonds is 0. The second-order valence-electron chi connectivity index (χ2n) is 8.53. The number of likely N-dealkylation sites (N-methyl/N-ethyl adjacent to an activating group) is 1. The molecule has 2 amide bonds. The van der Waals surface area contributed by atoms with Gasteiger partial charge in [0.05, 0.1) is 0 Å². The average Bonchev–Trinajstić information content (AvgIpc) is 3.01. The summed E-state index contributed by atoms with van der Waals surface area (Å²) in [6.45, 7) is 6.21. The van der Waals surface area contributed by atoms with Gasteiger partial charge in [-0.25, -0.2) is 0 Å². The van der Waals surface area contributed by atoms with E-state index in [1.165, 1.54) is 0 Å². The Hall–Kier alpha value is -1.92. The second-order valence-corrected chi connectivity index (χ2v) is 8.53. The van der Waals surface area contributed by atoms with Gasteiger partial charge < -0.3 is 14.7 Å². The molecule has 6 heteroatoms. The molecule has 0 radical (unpaired) electrons. The van der Waals surface area contributed by atoms with E-state index < -0.39 is 0 Å². The molecule has 146 valence electrons. The van der Waals surface area contributed by atoms with Crippen LogP contribution < -0.4 is 4.90 Å². The molecule has 1 spiro atoms. The van der Waals surface area contributed by atoms with Crippen molar-refractivity contribution >= 4 is 17.5 Å². The zero-order chi connectivity index (χ0) is 19.2. The van der Waals surface area contributed by atoms with E-state index >= 15 is 0 Å². The highest BCUT2D eigenvalue weighted by Gasteiger charge is 2.45. The van der Waals surface area contributed by atoms with Crippen molar-refractivity contribution in [2.75, 3.05) is 51.7 Å². The Labute approximate surface area is 161 Å². The number of likely N-dealkylation sites (tertiary alicyclic amines) is 1. The summed E-state index contributed by atoms with van der Waals surface area (Å²) in [5.74, 6) is -0.718. The van der Waals surface area contributed by atoms with E-state index in [1.54, 1.807) is 9.80 Å². The number of hydrogen-bond donors (Lipinski definition) is 0. The van der Waals surface area contributed by atoms with Crippen LogP contribution in [0.1, 0.15) is 25.3 Å². The number of benzene rings is 1. The summed E-state index contributed by atoms with van der Waals surface area (Å²) in [5.41, 5.74) is 2.05. The maximum Gasteiger partial charge on any atom is 0.316 e. The summed E-state index contributed by atoms with van der Waals surface area (Å²) in [7, 11) is 4.31. The number of piperazine rings is 1. The lowest BCUT2D eigenvalue weighted by Crippen LogP contribution is -2.66. The van der Waals surface area contributed by atoms with Gasteiger partial charge in [-0.3, -0.25) is 14.5 Å². The molecule has 2 fully saturated rings. The highest BCUT2D eigenvalue weighted by atomic mass is 16.2. The fraction of sp³-hybridized carbons (Fsp3) is 0.619. The molecule has 4 rings (SSSR count). The van der Waals surface area contributed by atoms with Crippen LogP contribution in [0.2, 0.25) is 0 Å². The lowest BCUT2D eigenvalue weighted by atomic mass is 9.84. The molecule has 27 heavy (non-hydrogen) atoms. The van der Waals surface area contributed by atoms with Gasteiger partial charge in [0, 0.05) is 36.9 Å². The highest BCUT2D eigenvalue weighted by Crippen LogP contribution is 2.34. The summed E-state index contributed by atoms with van der Waals surface area (Å²) < 4.78 is 0. The summed E-state index contributed by atoms with van der Waals surface area (Å²) in [6, 6.07) is 7.96. The Morgan fingerprint density at radius 3 is 2.44 bits per heavy atom. The largest absolute Gasteiger partial charge is 0.331 e. The molecule has 2 saturated heterocycles. The quantitative estimate of drug-likeness (QED) is 0.644. The number of hydrogen-bond acceptors (Lipinski definition) is 4. The van der Waals surface area contributed by atoms with Gasteiger partial charge in [-0.1, -0.05) is 18.2 Å². The van der Waals surface area contributed by atoms with Crippen molar-refractivity contribution in [3.8, 4) is 0 Å². The van der Waals surface area contributed by atoms with Crippen molar-refractivity contribution < 1.29 is 9.59 Å². The van der Waals surface area contributed by atoms with Gasteiger partial charge in [-0.05, 0) is 65.0 Å².